The van der Waals surface area contributed by atoms with E-state index in [9.17, 15) is 18.8 Å². The van der Waals surface area contributed by atoms with Gasteiger partial charge in [0.05, 0.1) is 5.56 Å². The number of benzene rings is 2. The van der Waals surface area contributed by atoms with Crippen LogP contribution in [-0.2, 0) is 9.53 Å². The minimum Gasteiger partial charge on any atom is -0.453 e. The van der Waals surface area contributed by atoms with E-state index in [2.05, 4.69) is 10.3 Å². The van der Waals surface area contributed by atoms with E-state index in [1.54, 1.807) is 5.38 Å². The fraction of sp³-hybridized carbons (Fsp3) is 0.143. The number of thiazole rings is 1. The lowest BCUT2D eigenvalue weighted by Gasteiger charge is -2.06. The van der Waals surface area contributed by atoms with Crippen molar-refractivity contribution in [2.24, 2.45) is 0 Å². The lowest BCUT2D eigenvalue weighted by molar-refractivity contribution is -0.114. The van der Waals surface area contributed by atoms with Crippen LogP contribution in [0.2, 0.25) is 0 Å². The van der Waals surface area contributed by atoms with Crippen LogP contribution in [0.5, 0.6) is 0 Å². The summed E-state index contributed by atoms with van der Waals surface area (Å²) in [5.74, 6) is -2.62. The molecule has 29 heavy (non-hydrogen) atoms. The van der Waals surface area contributed by atoms with Gasteiger partial charge in [0.1, 0.15) is 10.8 Å². The van der Waals surface area contributed by atoms with E-state index in [1.165, 1.54) is 30.4 Å². The summed E-state index contributed by atoms with van der Waals surface area (Å²) < 4.78 is 19.1. The zero-order chi connectivity index (χ0) is 21.0. The number of hydrogen-bond donors (Lipinski definition) is 1. The van der Waals surface area contributed by atoms with Gasteiger partial charge in [-0.25, -0.2) is 14.2 Å². The largest absolute Gasteiger partial charge is 0.453 e. The molecular weight excluding hydrogens is 395 g/mol. The number of halogens is 1. The second-order valence-electron chi connectivity index (χ2n) is 6.28. The summed E-state index contributed by atoms with van der Waals surface area (Å²) in [6.07, 6.45) is 0. The van der Waals surface area contributed by atoms with E-state index in [0.717, 1.165) is 17.2 Å². The van der Waals surface area contributed by atoms with Crippen molar-refractivity contribution < 1.29 is 23.5 Å². The van der Waals surface area contributed by atoms with E-state index >= 15 is 0 Å². The number of carbonyl (C=O) groups is 3. The molecule has 0 unspecified atom stereocenters. The summed E-state index contributed by atoms with van der Waals surface area (Å²) in [6.45, 7) is 2.65. The van der Waals surface area contributed by atoms with Gasteiger partial charge in [0.25, 0.3) is 0 Å². The normalized spacial score (nSPS) is 10.4. The van der Waals surface area contributed by atoms with Gasteiger partial charge in [-0.3, -0.25) is 9.59 Å². The first kappa shape index (κ1) is 20.3. The summed E-state index contributed by atoms with van der Waals surface area (Å²) in [4.78, 5) is 39.6. The Kier molecular flexibility index (Phi) is 6.13. The quantitative estimate of drug-likeness (QED) is 0.483. The molecule has 0 saturated carbocycles. The lowest BCUT2D eigenvalue weighted by atomic mass is 10.1. The van der Waals surface area contributed by atoms with Crippen LogP contribution in [0, 0.1) is 12.7 Å². The molecule has 1 heterocycles. The van der Waals surface area contributed by atoms with Gasteiger partial charge >= 0.3 is 5.97 Å². The monoisotopic (exact) mass is 412 g/mol. The highest BCUT2D eigenvalue weighted by Gasteiger charge is 2.18. The first-order chi connectivity index (χ1) is 13.8. The molecule has 3 rings (SSSR count). The predicted octanol–water partition coefficient (Wildman–Crippen LogP) is 4.26. The van der Waals surface area contributed by atoms with Crippen LogP contribution in [0.4, 0.5) is 10.1 Å². The number of nitrogens with one attached hydrogen (secondary N) is 1. The van der Waals surface area contributed by atoms with E-state index in [0.29, 0.717) is 5.01 Å². The molecular formula is C21H17FN2O4S. The maximum atomic E-state index is 14.1. The third kappa shape index (κ3) is 5.11. The number of aryl methyl sites for hydroxylation is 1. The van der Waals surface area contributed by atoms with Crippen molar-refractivity contribution in [1.82, 2.24) is 4.98 Å². The molecule has 8 heteroatoms. The van der Waals surface area contributed by atoms with Gasteiger partial charge in [-0.15, -0.1) is 11.3 Å². The number of hydrogen-bond acceptors (Lipinski definition) is 6. The highest BCUT2D eigenvalue weighted by atomic mass is 32.1. The molecule has 1 aromatic heterocycles. The van der Waals surface area contributed by atoms with Crippen LogP contribution in [0.15, 0.2) is 47.8 Å². The van der Waals surface area contributed by atoms with Crippen LogP contribution in [-0.4, -0.2) is 29.3 Å². The summed E-state index contributed by atoms with van der Waals surface area (Å²) in [5.41, 5.74) is 2.07. The lowest BCUT2D eigenvalue weighted by Crippen LogP contribution is -2.16. The molecule has 0 atom stereocenters. The molecule has 1 N–H and O–H groups in total. The van der Waals surface area contributed by atoms with Crippen LogP contribution in [0.3, 0.4) is 0 Å². The number of carbonyl (C=O) groups excluding carboxylic acids is 3. The van der Waals surface area contributed by atoms with Crippen molar-refractivity contribution in [2.75, 3.05) is 11.9 Å². The number of ketones is 1. The highest BCUT2D eigenvalue weighted by molar-refractivity contribution is 7.13. The Balaban J connectivity index is 1.62. The van der Waals surface area contributed by atoms with Gasteiger partial charge in [-0.05, 0) is 25.1 Å². The smallest absolute Gasteiger partial charge is 0.358 e. The summed E-state index contributed by atoms with van der Waals surface area (Å²) >= 11 is 1.28. The van der Waals surface area contributed by atoms with E-state index in [4.69, 9.17) is 4.74 Å². The Labute approximate surface area is 170 Å². The minimum atomic E-state index is -0.812. The summed E-state index contributed by atoms with van der Waals surface area (Å²) in [5, 5.41) is 4.62. The maximum absolute atomic E-state index is 14.1. The van der Waals surface area contributed by atoms with E-state index in [-0.39, 0.29) is 22.9 Å². The average Bonchev–Trinajstić information content (AvgIpc) is 3.16. The van der Waals surface area contributed by atoms with Crippen LogP contribution >= 0.6 is 11.3 Å². The molecule has 0 aliphatic rings. The Hall–Kier alpha value is -3.39. The topological polar surface area (TPSA) is 85.4 Å². The van der Waals surface area contributed by atoms with Crippen LogP contribution in [0.1, 0.15) is 33.3 Å². The molecule has 148 valence electrons. The second kappa shape index (κ2) is 8.74. The Morgan fingerprint density at radius 2 is 1.86 bits per heavy atom. The summed E-state index contributed by atoms with van der Waals surface area (Å²) in [6, 6.07) is 11.4. The number of Topliss-reactive ketones (excluding diaryl/α,β-unsaturated/α-hetero) is 1. The van der Waals surface area contributed by atoms with Crippen molar-refractivity contribution >= 4 is 34.7 Å². The number of rotatable bonds is 6. The third-order valence-corrected chi connectivity index (χ3v) is 4.83. The zero-order valence-corrected chi connectivity index (χ0v) is 16.5. The SMILES string of the molecule is CC(=O)Nc1ccc(C(=O)COC(=O)c2csc(-c3ccc(C)cc3)n2)c(F)c1. The van der Waals surface area contributed by atoms with Gasteiger partial charge in [0, 0.05) is 23.6 Å². The van der Waals surface area contributed by atoms with Gasteiger partial charge in [-0.2, -0.15) is 0 Å². The molecule has 0 bridgehead atoms. The first-order valence-electron chi connectivity index (χ1n) is 8.63. The summed E-state index contributed by atoms with van der Waals surface area (Å²) in [7, 11) is 0. The van der Waals surface area contributed by atoms with E-state index < -0.39 is 24.2 Å². The number of esters is 1. The van der Waals surface area contributed by atoms with Gasteiger partial charge in [0.15, 0.2) is 12.3 Å². The van der Waals surface area contributed by atoms with Crippen LogP contribution < -0.4 is 5.32 Å². The highest BCUT2D eigenvalue weighted by Crippen LogP contribution is 2.24. The molecule has 0 spiro atoms. The standard InChI is InChI=1S/C21H17FN2O4S/c1-12-3-5-14(6-4-12)20-24-18(11-29-20)21(27)28-10-19(26)16-8-7-15(9-17(16)22)23-13(2)25/h3-9,11H,10H2,1-2H3,(H,23,25). The van der Waals surface area contributed by atoms with Crippen molar-refractivity contribution in [3.8, 4) is 10.6 Å². The number of ether oxygens (including phenoxy) is 1. The van der Waals surface area contributed by atoms with Gasteiger partial charge in [-0.1, -0.05) is 29.8 Å². The fourth-order valence-corrected chi connectivity index (χ4v) is 3.30. The van der Waals surface area contributed by atoms with Crippen molar-refractivity contribution in [3.63, 3.8) is 0 Å². The molecule has 0 aliphatic carbocycles. The third-order valence-electron chi connectivity index (χ3n) is 3.94. The molecule has 0 fully saturated rings. The van der Waals surface area contributed by atoms with Gasteiger partial charge in [0.2, 0.25) is 11.7 Å². The first-order valence-corrected chi connectivity index (χ1v) is 9.51. The Bertz CT molecular complexity index is 1080. The molecule has 2 aromatic carbocycles. The minimum absolute atomic E-state index is 0.0832. The maximum Gasteiger partial charge on any atom is 0.358 e. The van der Waals surface area contributed by atoms with Crippen molar-refractivity contribution in [3.05, 3.63) is 70.5 Å². The fourth-order valence-electron chi connectivity index (χ4n) is 2.50. The molecule has 6 nitrogen and oxygen atoms in total. The number of nitrogens with zero attached hydrogens (tertiary/aromatic N) is 1. The van der Waals surface area contributed by atoms with E-state index in [1.807, 2.05) is 31.2 Å². The number of anilines is 1. The molecule has 0 aliphatic heterocycles. The Morgan fingerprint density at radius 3 is 2.52 bits per heavy atom. The van der Waals surface area contributed by atoms with Crippen molar-refractivity contribution in [2.45, 2.75) is 13.8 Å². The Morgan fingerprint density at radius 1 is 1.14 bits per heavy atom. The zero-order valence-electron chi connectivity index (χ0n) is 15.7. The molecule has 0 saturated heterocycles. The van der Waals surface area contributed by atoms with Crippen molar-refractivity contribution in [1.29, 1.82) is 0 Å². The van der Waals surface area contributed by atoms with Gasteiger partial charge < -0.3 is 10.1 Å². The molecule has 3 aromatic rings. The molecule has 0 radical (unpaired) electrons. The average molecular weight is 412 g/mol. The number of aromatic nitrogens is 1. The number of amides is 1. The predicted molar refractivity (Wildman–Crippen MR) is 108 cm³/mol. The molecule has 1 amide bonds. The van der Waals surface area contributed by atoms with Crippen LogP contribution in [0.25, 0.3) is 10.6 Å². The second-order valence-corrected chi connectivity index (χ2v) is 7.14.